The minimum absolute atomic E-state index is 0.208. The van der Waals surface area contributed by atoms with Crippen LogP contribution in [0.2, 0.25) is 0 Å². The van der Waals surface area contributed by atoms with E-state index < -0.39 is 29.1 Å². The molecule has 3 aromatic carbocycles. The van der Waals surface area contributed by atoms with Gasteiger partial charge < -0.3 is 10.2 Å². The third-order valence-corrected chi connectivity index (χ3v) is 5.73. The average Bonchev–Trinajstić information content (AvgIpc) is 2.80. The summed E-state index contributed by atoms with van der Waals surface area (Å²) in [5.41, 5.74) is 0.292. The van der Waals surface area contributed by atoms with Gasteiger partial charge in [-0.05, 0) is 43.3 Å². The van der Waals surface area contributed by atoms with E-state index in [2.05, 4.69) is 11.4 Å². The first-order valence-electron chi connectivity index (χ1n) is 9.73. The van der Waals surface area contributed by atoms with Crippen LogP contribution >= 0.6 is 11.8 Å². The second-order valence-corrected chi connectivity index (χ2v) is 7.75. The van der Waals surface area contributed by atoms with Gasteiger partial charge in [0.2, 0.25) is 5.91 Å². The molecule has 0 bridgehead atoms. The van der Waals surface area contributed by atoms with Gasteiger partial charge in [0.05, 0.1) is 11.1 Å². The van der Waals surface area contributed by atoms with Crippen molar-refractivity contribution >= 4 is 29.3 Å². The lowest BCUT2D eigenvalue weighted by Gasteiger charge is -2.22. The maximum Gasteiger partial charge on any atom is 0.255 e. The number of likely N-dealkylation sites (N-methyl/N-ethyl adjacent to an activating group) is 1. The first-order chi connectivity index (χ1) is 15.4. The second kappa shape index (κ2) is 10.6. The van der Waals surface area contributed by atoms with E-state index in [1.54, 1.807) is 55.5 Å². The number of anilines is 1. The van der Waals surface area contributed by atoms with Gasteiger partial charge in [-0.25, -0.2) is 8.78 Å². The van der Waals surface area contributed by atoms with Crippen molar-refractivity contribution in [2.45, 2.75) is 16.7 Å². The molecule has 3 rings (SSSR count). The lowest BCUT2D eigenvalue weighted by molar-refractivity contribution is -0.116. The van der Waals surface area contributed by atoms with Gasteiger partial charge in [-0.3, -0.25) is 9.59 Å². The van der Waals surface area contributed by atoms with Crippen molar-refractivity contribution in [3.8, 4) is 6.07 Å². The van der Waals surface area contributed by atoms with E-state index in [1.807, 2.05) is 0 Å². The lowest BCUT2D eigenvalue weighted by atomic mass is 10.2. The summed E-state index contributed by atoms with van der Waals surface area (Å²) >= 11 is 1.28. The van der Waals surface area contributed by atoms with Crippen molar-refractivity contribution < 1.29 is 18.4 Å². The van der Waals surface area contributed by atoms with Gasteiger partial charge >= 0.3 is 0 Å². The highest BCUT2D eigenvalue weighted by Crippen LogP contribution is 2.33. The van der Waals surface area contributed by atoms with Gasteiger partial charge in [-0.15, -0.1) is 0 Å². The van der Waals surface area contributed by atoms with E-state index in [0.717, 1.165) is 12.1 Å². The third kappa shape index (κ3) is 5.31. The highest BCUT2D eigenvalue weighted by atomic mass is 32.2. The van der Waals surface area contributed by atoms with Crippen molar-refractivity contribution in [3.05, 3.63) is 89.5 Å². The zero-order valence-corrected chi connectivity index (χ0v) is 18.0. The van der Waals surface area contributed by atoms with E-state index in [9.17, 15) is 23.6 Å². The predicted octanol–water partition coefficient (Wildman–Crippen LogP) is 5.09. The molecule has 0 heterocycles. The minimum atomic E-state index is -0.898. The van der Waals surface area contributed by atoms with Crippen molar-refractivity contribution in [2.75, 3.05) is 18.4 Å². The molecule has 0 aliphatic heterocycles. The Balaban J connectivity index is 1.80. The number of amides is 2. The predicted molar refractivity (Wildman–Crippen MR) is 118 cm³/mol. The van der Waals surface area contributed by atoms with E-state index in [4.69, 9.17) is 0 Å². The molecule has 8 heteroatoms. The Hall–Kier alpha value is -3.70. The maximum absolute atomic E-state index is 13.8. The summed E-state index contributed by atoms with van der Waals surface area (Å²) in [5.74, 6) is -2.92. The normalized spacial score (nSPS) is 10.3. The van der Waals surface area contributed by atoms with Crippen LogP contribution in [0.25, 0.3) is 0 Å². The molecule has 0 unspecified atom stereocenters. The number of nitriles is 1. The molecule has 0 saturated heterocycles. The van der Waals surface area contributed by atoms with Crippen molar-refractivity contribution in [3.63, 3.8) is 0 Å². The summed E-state index contributed by atoms with van der Waals surface area (Å²) in [6.07, 6.45) is 0. The fourth-order valence-corrected chi connectivity index (χ4v) is 3.98. The zero-order valence-electron chi connectivity index (χ0n) is 17.1. The van der Waals surface area contributed by atoms with E-state index >= 15 is 0 Å². The number of benzene rings is 3. The molecule has 0 spiro atoms. The van der Waals surface area contributed by atoms with Crippen LogP contribution in [-0.4, -0.2) is 29.8 Å². The van der Waals surface area contributed by atoms with Gasteiger partial charge in [0.15, 0.2) is 0 Å². The Labute approximate surface area is 188 Å². The molecule has 0 saturated carbocycles. The van der Waals surface area contributed by atoms with Gasteiger partial charge in [-0.1, -0.05) is 42.1 Å². The molecular weight excluding hydrogens is 432 g/mol. The number of rotatable bonds is 7. The molecule has 162 valence electrons. The van der Waals surface area contributed by atoms with Crippen LogP contribution in [0, 0.1) is 23.0 Å². The molecule has 0 aliphatic carbocycles. The fraction of sp³-hybridized carbons (Fsp3) is 0.125. The number of nitrogens with one attached hydrogen (secondary N) is 1. The largest absolute Gasteiger partial charge is 0.330 e. The summed E-state index contributed by atoms with van der Waals surface area (Å²) in [6, 6.07) is 19.3. The van der Waals surface area contributed by atoms with E-state index in [-0.39, 0.29) is 13.1 Å². The Bertz CT molecular complexity index is 1170. The third-order valence-electron chi connectivity index (χ3n) is 4.58. The van der Waals surface area contributed by atoms with E-state index in [1.165, 1.54) is 22.7 Å². The monoisotopic (exact) mass is 451 g/mol. The number of halogens is 2. The molecule has 0 fully saturated rings. The Morgan fingerprint density at radius 3 is 2.25 bits per heavy atom. The smallest absolute Gasteiger partial charge is 0.255 e. The fourth-order valence-electron chi connectivity index (χ4n) is 2.97. The first-order valence-corrected chi connectivity index (χ1v) is 10.6. The maximum atomic E-state index is 13.8. The van der Waals surface area contributed by atoms with Crippen molar-refractivity contribution in [1.29, 1.82) is 5.26 Å². The molecule has 5 nitrogen and oxygen atoms in total. The summed E-state index contributed by atoms with van der Waals surface area (Å²) in [5, 5.41) is 11.5. The number of carbonyl (C=O) groups is 2. The number of hydrogen-bond acceptors (Lipinski definition) is 4. The molecule has 0 atom stereocenters. The van der Waals surface area contributed by atoms with Crippen LogP contribution in [0.1, 0.15) is 22.8 Å². The van der Waals surface area contributed by atoms with Crippen LogP contribution in [0.4, 0.5) is 14.5 Å². The highest BCUT2D eigenvalue weighted by molar-refractivity contribution is 7.99. The lowest BCUT2D eigenvalue weighted by Crippen LogP contribution is -2.38. The SMILES string of the molecule is CCN(CC(=O)Nc1c(F)cccc1F)C(=O)c1ccccc1Sc1ccccc1C#N. The molecule has 0 aromatic heterocycles. The standard InChI is InChI=1S/C24H19F2N3O2S/c1-2-29(15-22(30)28-23-18(25)10-7-11-19(23)26)24(31)17-9-4-6-13-21(17)32-20-12-5-3-8-16(20)14-27/h3-13H,2,15H2,1H3,(H,28,30). The Morgan fingerprint density at radius 1 is 0.969 bits per heavy atom. The minimum Gasteiger partial charge on any atom is -0.330 e. The Morgan fingerprint density at radius 2 is 1.59 bits per heavy atom. The number of hydrogen-bond donors (Lipinski definition) is 1. The Kier molecular flexibility index (Phi) is 7.58. The molecule has 2 amide bonds. The van der Waals surface area contributed by atoms with Crippen LogP contribution in [0.3, 0.4) is 0 Å². The van der Waals surface area contributed by atoms with Crippen molar-refractivity contribution in [2.24, 2.45) is 0 Å². The average molecular weight is 451 g/mol. The van der Waals surface area contributed by atoms with Crippen LogP contribution in [-0.2, 0) is 4.79 Å². The molecule has 0 radical (unpaired) electrons. The first kappa shape index (κ1) is 23.0. The number of nitrogens with zero attached hydrogens (tertiary/aromatic N) is 2. The molecule has 3 aromatic rings. The summed E-state index contributed by atoms with van der Waals surface area (Å²) in [7, 11) is 0. The summed E-state index contributed by atoms with van der Waals surface area (Å²) in [6.45, 7) is 1.53. The molecule has 1 N–H and O–H groups in total. The topological polar surface area (TPSA) is 73.2 Å². The highest BCUT2D eigenvalue weighted by Gasteiger charge is 2.22. The van der Waals surface area contributed by atoms with Gasteiger partial charge in [-0.2, -0.15) is 5.26 Å². The van der Waals surface area contributed by atoms with Crippen LogP contribution < -0.4 is 5.32 Å². The summed E-state index contributed by atoms with van der Waals surface area (Å²) in [4.78, 5) is 28.2. The second-order valence-electron chi connectivity index (χ2n) is 6.67. The summed E-state index contributed by atoms with van der Waals surface area (Å²) < 4.78 is 27.6. The quantitative estimate of drug-likeness (QED) is 0.543. The van der Waals surface area contributed by atoms with Gasteiger partial charge in [0.1, 0.15) is 29.9 Å². The molecule has 0 aliphatic rings. The zero-order chi connectivity index (χ0) is 23.1. The molecule has 32 heavy (non-hydrogen) atoms. The van der Waals surface area contributed by atoms with Gasteiger partial charge in [0.25, 0.3) is 5.91 Å². The van der Waals surface area contributed by atoms with Crippen LogP contribution in [0.5, 0.6) is 0 Å². The molecular formula is C24H19F2N3O2S. The number of para-hydroxylation sites is 1. The van der Waals surface area contributed by atoms with E-state index in [0.29, 0.717) is 20.9 Å². The van der Waals surface area contributed by atoms with Gasteiger partial charge in [0, 0.05) is 16.3 Å². The van der Waals surface area contributed by atoms with Crippen molar-refractivity contribution in [1.82, 2.24) is 4.90 Å². The van der Waals surface area contributed by atoms with Crippen LogP contribution in [0.15, 0.2) is 76.5 Å². The number of carbonyl (C=O) groups excluding carboxylic acids is 2.